The van der Waals surface area contributed by atoms with Crippen LogP contribution in [-0.4, -0.2) is 4.98 Å². The van der Waals surface area contributed by atoms with Gasteiger partial charge in [-0.1, -0.05) is 12.1 Å². The molecule has 0 aliphatic carbocycles. The van der Waals surface area contributed by atoms with Gasteiger partial charge < -0.3 is 4.98 Å². The van der Waals surface area contributed by atoms with Crippen LogP contribution < -0.4 is 0 Å². The van der Waals surface area contributed by atoms with Crippen molar-refractivity contribution < 1.29 is 0 Å². The van der Waals surface area contributed by atoms with E-state index in [9.17, 15) is 0 Å². The molecule has 2 rings (SSSR count). The first-order chi connectivity index (χ1) is 5.81. The van der Waals surface area contributed by atoms with E-state index in [1.807, 2.05) is 25.1 Å². The molecule has 0 aliphatic heterocycles. The Morgan fingerprint density at radius 3 is 3.00 bits per heavy atom. The molecule has 0 spiro atoms. The van der Waals surface area contributed by atoms with Crippen LogP contribution in [0.1, 0.15) is 11.1 Å². The third kappa shape index (κ3) is 0.876. The minimum Gasteiger partial charge on any atom is -0.360 e. The van der Waals surface area contributed by atoms with Gasteiger partial charge >= 0.3 is 0 Å². The number of nitriles is 1. The maximum absolute atomic E-state index is 8.72. The summed E-state index contributed by atoms with van der Waals surface area (Å²) in [6, 6.07) is 8.16. The molecule has 1 N–H and O–H groups in total. The molecule has 0 fully saturated rings. The smallest absolute Gasteiger partial charge is 0.101 e. The second-order valence-corrected chi connectivity index (χ2v) is 2.86. The van der Waals surface area contributed by atoms with E-state index in [4.69, 9.17) is 5.26 Å². The SMILES string of the molecule is Cc1ccc2c(C#N)c[nH]c2c1. The van der Waals surface area contributed by atoms with E-state index in [2.05, 4.69) is 11.1 Å². The number of aromatic amines is 1. The molecule has 2 aromatic rings. The second-order valence-electron chi connectivity index (χ2n) is 2.86. The van der Waals surface area contributed by atoms with Crippen molar-refractivity contribution in [1.82, 2.24) is 4.98 Å². The molecule has 0 saturated carbocycles. The lowest BCUT2D eigenvalue weighted by Gasteiger charge is -1.91. The zero-order valence-corrected chi connectivity index (χ0v) is 6.76. The summed E-state index contributed by atoms with van der Waals surface area (Å²) in [5.41, 5.74) is 2.95. The first kappa shape index (κ1) is 6.93. The molecule has 0 bridgehead atoms. The molecular weight excluding hydrogens is 148 g/mol. The van der Waals surface area contributed by atoms with Crippen LogP contribution >= 0.6 is 0 Å². The Hall–Kier alpha value is -1.75. The summed E-state index contributed by atoms with van der Waals surface area (Å²) in [5.74, 6) is 0. The summed E-state index contributed by atoms with van der Waals surface area (Å²) in [7, 11) is 0. The van der Waals surface area contributed by atoms with E-state index < -0.39 is 0 Å². The van der Waals surface area contributed by atoms with Crippen molar-refractivity contribution in [2.45, 2.75) is 6.92 Å². The zero-order valence-electron chi connectivity index (χ0n) is 6.76. The summed E-state index contributed by atoms with van der Waals surface area (Å²) in [6.07, 6.45) is 1.74. The predicted octanol–water partition coefficient (Wildman–Crippen LogP) is 2.35. The van der Waals surface area contributed by atoms with Gasteiger partial charge in [0.25, 0.3) is 0 Å². The van der Waals surface area contributed by atoms with Gasteiger partial charge in [-0.3, -0.25) is 0 Å². The van der Waals surface area contributed by atoms with Crippen LogP contribution in [0.5, 0.6) is 0 Å². The minimum atomic E-state index is 0.713. The summed E-state index contributed by atoms with van der Waals surface area (Å²) in [5, 5.41) is 9.73. The molecule has 58 valence electrons. The molecule has 2 nitrogen and oxygen atoms in total. The highest BCUT2D eigenvalue weighted by atomic mass is 14.7. The first-order valence-electron chi connectivity index (χ1n) is 3.79. The van der Waals surface area contributed by atoms with Crippen LogP contribution in [-0.2, 0) is 0 Å². The van der Waals surface area contributed by atoms with Crippen LogP contribution in [0.25, 0.3) is 10.9 Å². The topological polar surface area (TPSA) is 39.6 Å². The number of fused-ring (bicyclic) bond motifs is 1. The molecule has 0 radical (unpaired) electrons. The van der Waals surface area contributed by atoms with Gasteiger partial charge in [0.1, 0.15) is 6.07 Å². The zero-order chi connectivity index (χ0) is 8.55. The van der Waals surface area contributed by atoms with Crippen molar-refractivity contribution in [1.29, 1.82) is 5.26 Å². The van der Waals surface area contributed by atoms with E-state index in [1.54, 1.807) is 6.20 Å². The van der Waals surface area contributed by atoms with E-state index in [0.29, 0.717) is 5.56 Å². The highest BCUT2D eigenvalue weighted by Gasteiger charge is 2.00. The molecule has 0 aliphatic rings. The lowest BCUT2D eigenvalue weighted by atomic mass is 10.1. The fourth-order valence-electron chi connectivity index (χ4n) is 1.33. The van der Waals surface area contributed by atoms with Crippen molar-refractivity contribution in [2.24, 2.45) is 0 Å². The van der Waals surface area contributed by atoms with Gasteiger partial charge in [-0.15, -0.1) is 0 Å². The maximum atomic E-state index is 8.72. The van der Waals surface area contributed by atoms with Crippen LogP contribution in [0.3, 0.4) is 0 Å². The fraction of sp³-hybridized carbons (Fsp3) is 0.100. The predicted molar refractivity (Wildman–Crippen MR) is 47.8 cm³/mol. The average molecular weight is 156 g/mol. The third-order valence-corrected chi connectivity index (χ3v) is 1.96. The van der Waals surface area contributed by atoms with E-state index in [0.717, 1.165) is 10.9 Å². The van der Waals surface area contributed by atoms with Gasteiger partial charge in [0.15, 0.2) is 0 Å². The van der Waals surface area contributed by atoms with E-state index in [-0.39, 0.29) is 0 Å². The molecule has 0 amide bonds. The average Bonchev–Trinajstić information content (AvgIpc) is 2.46. The van der Waals surface area contributed by atoms with Gasteiger partial charge in [0, 0.05) is 17.1 Å². The largest absolute Gasteiger partial charge is 0.360 e. The molecule has 12 heavy (non-hydrogen) atoms. The molecule has 0 unspecified atom stereocenters. The summed E-state index contributed by atoms with van der Waals surface area (Å²) in [6.45, 7) is 2.03. The van der Waals surface area contributed by atoms with Crippen LogP contribution in [0.15, 0.2) is 24.4 Å². The Morgan fingerprint density at radius 1 is 1.42 bits per heavy atom. The number of hydrogen-bond donors (Lipinski definition) is 1. The van der Waals surface area contributed by atoms with Gasteiger partial charge in [0.2, 0.25) is 0 Å². The number of nitrogens with one attached hydrogen (secondary N) is 1. The number of hydrogen-bond acceptors (Lipinski definition) is 1. The number of nitrogens with zero attached hydrogens (tertiary/aromatic N) is 1. The maximum Gasteiger partial charge on any atom is 0.101 e. The van der Waals surface area contributed by atoms with E-state index in [1.165, 1.54) is 5.56 Å². The Bertz CT molecular complexity index is 460. The van der Waals surface area contributed by atoms with Crippen molar-refractivity contribution in [3.63, 3.8) is 0 Å². The Labute approximate surface area is 70.4 Å². The summed E-state index contributed by atoms with van der Waals surface area (Å²) < 4.78 is 0. The molecule has 2 heteroatoms. The minimum absolute atomic E-state index is 0.713. The number of rotatable bonds is 0. The summed E-state index contributed by atoms with van der Waals surface area (Å²) in [4.78, 5) is 3.06. The molecule has 1 aromatic carbocycles. The first-order valence-corrected chi connectivity index (χ1v) is 3.79. The van der Waals surface area contributed by atoms with Crippen LogP contribution in [0.4, 0.5) is 0 Å². The second kappa shape index (κ2) is 2.38. The lowest BCUT2D eigenvalue weighted by molar-refractivity contribution is 1.43. The molecule has 1 heterocycles. The highest BCUT2D eigenvalue weighted by Crippen LogP contribution is 2.18. The Kier molecular flexibility index (Phi) is 1.38. The van der Waals surface area contributed by atoms with E-state index >= 15 is 0 Å². The van der Waals surface area contributed by atoms with Gasteiger partial charge in [0.05, 0.1) is 5.56 Å². The number of benzene rings is 1. The molecule has 0 saturated heterocycles. The third-order valence-electron chi connectivity index (χ3n) is 1.96. The summed E-state index contributed by atoms with van der Waals surface area (Å²) >= 11 is 0. The Morgan fingerprint density at radius 2 is 2.25 bits per heavy atom. The molecular formula is C10H8N2. The standard InChI is InChI=1S/C10H8N2/c1-7-2-3-9-8(5-11)6-12-10(9)4-7/h2-4,6,12H,1H3. The monoisotopic (exact) mass is 156 g/mol. The quantitative estimate of drug-likeness (QED) is 0.624. The number of aryl methyl sites for hydroxylation is 1. The Balaban J connectivity index is 2.84. The van der Waals surface area contributed by atoms with Crippen molar-refractivity contribution in [3.8, 4) is 6.07 Å². The number of aromatic nitrogens is 1. The fourth-order valence-corrected chi connectivity index (χ4v) is 1.33. The van der Waals surface area contributed by atoms with Crippen LogP contribution in [0, 0.1) is 18.3 Å². The van der Waals surface area contributed by atoms with Crippen molar-refractivity contribution in [2.75, 3.05) is 0 Å². The molecule has 0 atom stereocenters. The normalized spacial score (nSPS) is 10.0. The number of H-pyrrole nitrogens is 1. The van der Waals surface area contributed by atoms with Gasteiger partial charge in [-0.25, -0.2) is 0 Å². The highest BCUT2D eigenvalue weighted by molar-refractivity contribution is 5.86. The van der Waals surface area contributed by atoms with Crippen molar-refractivity contribution in [3.05, 3.63) is 35.5 Å². The van der Waals surface area contributed by atoms with Crippen molar-refractivity contribution >= 4 is 10.9 Å². The van der Waals surface area contributed by atoms with Gasteiger partial charge in [-0.05, 0) is 18.6 Å². The van der Waals surface area contributed by atoms with Gasteiger partial charge in [-0.2, -0.15) is 5.26 Å². The van der Waals surface area contributed by atoms with Crippen LogP contribution in [0.2, 0.25) is 0 Å². The lowest BCUT2D eigenvalue weighted by Crippen LogP contribution is -1.72. The molecule has 1 aromatic heterocycles.